The summed E-state index contributed by atoms with van der Waals surface area (Å²) >= 11 is 0. The zero-order valence-electron chi connectivity index (χ0n) is 12.0. The van der Waals surface area contributed by atoms with Crippen LogP contribution in [-0.4, -0.2) is 22.9 Å². The molecule has 1 aliphatic heterocycles. The summed E-state index contributed by atoms with van der Waals surface area (Å²) in [6, 6.07) is 9.10. The first-order valence-electron chi connectivity index (χ1n) is 6.91. The maximum absolute atomic E-state index is 12.9. The van der Waals surface area contributed by atoms with Gasteiger partial charge in [-0.3, -0.25) is 4.79 Å². The summed E-state index contributed by atoms with van der Waals surface area (Å²) in [6.45, 7) is 4.21. The van der Waals surface area contributed by atoms with E-state index in [1.54, 1.807) is 4.90 Å². The van der Waals surface area contributed by atoms with Crippen molar-refractivity contribution in [3.63, 3.8) is 0 Å². The second-order valence-corrected chi connectivity index (χ2v) is 5.64. The molecule has 0 aromatic heterocycles. The normalized spacial score (nSPS) is 19.9. The molecule has 0 fully saturated rings. The second-order valence-electron chi connectivity index (χ2n) is 5.64. The number of carbonyl (C=O) groups excluding carboxylic acids is 1. The number of benzene rings is 1. The van der Waals surface area contributed by atoms with Crippen molar-refractivity contribution in [2.45, 2.75) is 39.0 Å². The topological polar surface area (TPSA) is 20.3 Å². The standard InChI is InChI=1S/C16H18F3NO/c1-11(2)14-8-15(21)13(16(17,18)19)10-20(14)9-12-6-4-3-5-7-12/h3-7,10-11,14H,8-9H2,1-2H3. The fourth-order valence-corrected chi connectivity index (χ4v) is 2.56. The first-order chi connectivity index (χ1) is 9.79. The van der Waals surface area contributed by atoms with Crippen LogP contribution in [0.15, 0.2) is 42.1 Å². The quantitative estimate of drug-likeness (QED) is 0.842. The molecule has 2 nitrogen and oxygen atoms in total. The molecule has 0 amide bonds. The van der Waals surface area contributed by atoms with Crippen LogP contribution in [0, 0.1) is 5.92 Å². The van der Waals surface area contributed by atoms with E-state index in [-0.39, 0.29) is 18.4 Å². The molecule has 0 saturated heterocycles. The molecule has 0 bridgehead atoms. The Balaban J connectivity index is 2.32. The molecule has 0 aliphatic carbocycles. The molecule has 0 spiro atoms. The minimum absolute atomic E-state index is 0.0875. The molecule has 114 valence electrons. The smallest absolute Gasteiger partial charge is 0.369 e. The van der Waals surface area contributed by atoms with E-state index in [2.05, 4.69) is 0 Å². The summed E-state index contributed by atoms with van der Waals surface area (Å²) in [4.78, 5) is 13.4. The molecule has 1 heterocycles. The maximum Gasteiger partial charge on any atom is 0.421 e. The number of rotatable bonds is 3. The molecule has 1 atom stereocenters. The van der Waals surface area contributed by atoms with E-state index in [9.17, 15) is 18.0 Å². The van der Waals surface area contributed by atoms with Crippen molar-refractivity contribution < 1.29 is 18.0 Å². The Labute approximate surface area is 122 Å². The number of alkyl halides is 3. The van der Waals surface area contributed by atoms with Crippen molar-refractivity contribution in [2.75, 3.05) is 0 Å². The Kier molecular flexibility index (Phi) is 4.40. The van der Waals surface area contributed by atoms with Crippen LogP contribution in [0.3, 0.4) is 0 Å². The van der Waals surface area contributed by atoms with Crippen molar-refractivity contribution in [3.05, 3.63) is 47.7 Å². The van der Waals surface area contributed by atoms with Crippen molar-refractivity contribution in [2.24, 2.45) is 5.92 Å². The van der Waals surface area contributed by atoms with Crippen LogP contribution in [0.25, 0.3) is 0 Å². The molecule has 1 aromatic carbocycles. The van der Waals surface area contributed by atoms with E-state index in [0.717, 1.165) is 11.8 Å². The summed E-state index contributed by atoms with van der Waals surface area (Å²) in [7, 11) is 0. The summed E-state index contributed by atoms with van der Waals surface area (Å²) in [5.41, 5.74) is -0.120. The zero-order valence-corrected chi connectivity index (χ0v) is 12.0. The maximum atomic E-state index is 12.9. The molecule has 1 aliphatic rings. The third kappa shape index (κ3) is 3.65. The lowest BCUT2D eigenvalue weighted by Crippen LogP contribution is -2.43. The van der Waals surface area contributed by atoms with E-state index >= 15 is 0 Å². The fraction of sp³-hybridized carbons (Fsp3) is 0.438. The number of ketones is 1. The van der Waals surface area contributed by atoms with Gasteiger partial charge in [0, 0.05) is 25.2 Å². The number of hydrogen-bond donors (Lipinski definition) is 0. The van der Waals surface area contributed by atoms with Crippen LogP contribution in [0.5, 0.6) is 0 Å². The predicted octanol–water partition coefficient (Wildman–Crippen LogP) is 3.93. The van der Waals surface area contributed by atoms with E-state index in [4.69, 9.17) is 0 Å². The Morgan fingerprint density at radius 3 is 2.38 bits per heavy atom. The van der Waals surface area contributed by atoms with Crippen LogP contribution in [0.1, 0.15) is 25.8 Å². The van der Waals surface area contributed by atoms with Gasteiger partial charge in [0.15, 0.2) is 5.78 Å². The van der Waals surface area contributed by atoms with Crippen LogP contribution in [-0.2, 0) is 11.3 Å². The molecule has 0 N–H and O–H groups in total. The highest BCUT2D eigenvalue weighted by atomic mass is 19.4. The van der Waals surface area contributed by atoms with Crippen LogP contribution in [0.2, 0.25) is 0 Å². The van der Waals surface area contributed by atoms with Crippen molar-refractivity contribution in [3.8, 4) is 0 Å². The van der Waals surface area contributed by atoms with Gasteiger partial charge in [0.25, 0.3) is 0 Å². The lowest BCUT2D eigenvalue weighted by molar-refractivity contribution is -0.132. The highest BCUT2D eigenvalue weighted by Gasteiger charge is 2.43. The van der Waals surface area contributed by atoms with Gasteiger partial charge in [0.2, 0.25) is 0 Å². The fourth-order valence-electron chi connectivity index (χ4n) is 2.56. The zero-order chi connectivity index (χ0) is 15.6. The summed E-state index contributed by atoms with van der Waals surface area (Å²) in [5, 5.41) is 0. The lowest BCUT2D eigenvalue weighted by atomic mass is 9.90. The van der Waals surface area contributed by atoms with Crippen LogP contribution >= 0.6 is 0 Å². The van der Waals surface area contributed by atoms with Gasteiger partial charge in [-0.25, -0.2) is 0 Å². The summed E-state index contributed by atoms with van der Waals surface area (Å²) in [6.07, 6.45) is -3.69. The predicted molar refractivity (Wildman–Crippen MR) is 74.4 cm³/mol. The Bertz CT molecular complexity index is 534. The molecule has 0 radical (unpaired) electrons. The van der Waals surface area contributed by atoms with Crippen LogP contribution in [0.4, 0.5) is 13.2 Å². The van der Waals surface area contributed by atoms with Crippen molar-refractivity contribution in [1.29, 1.82) is 0 Å². The molecule has 0 saturated carbocycles. The summed E-state index contributed by atoms with van der Waals surface area (Å²) in [5.74, 6) is -0.714. The number of Topliss-reactive ketones (excluding diaryl/α,β-unsaturated/α-hetero) is 1. The van der Waals surface area contributed by atoms with Crippen molar-refractivity contribution in [1.82, 2.24) is 4.90 Å². The molecule has 5 heteroatoms. The molecule has 2 rings (SSSR count). The number of allylic oxidation sites excluding steroid dienone is 1. The SMILES string of the molecule is CC(C)C1CC(=O)C(C(F)(F)F)=CN1Cc1ccccc1. The number of halogens is 3. The third-order valence-corrected chi connectivity index (χ3v) is 3.70. The first-order valence-corrected chi connectivity index (χ1v) is 6.91. The highest BCUT2D eigenvalue weighted by Crippen LogP contribution is 2.34. The number of hydrogen-bond acceptors (Lipinski definition) is 2. The van der Waals surface area contributed by atoms with Gasteiger partial charge >= 0.3 is 6.18 Å². The monoisotopic (exact) mass is 297 g/mol. The minimum Gasteiger partial charge on any atom is -0.369 e. The molecule has 21 heavy (non-hydrogen) atoms. The largest absolute Gasteiger partial charge is 0.421 e. The lowest BCUT2D eigenvalue weighted by Gasteiger charge is -2.37. The van der Waals surface area contributed by atoms with Gasteiger partial charge in [0.1, 0.15) is 5.57 Å². The van der Waals surface area contributed by atoms with Gasteiger partial charge in [-0.05, 0) is 11.5 Å². The van der Waals surface area contributed by atoms with Crippen LogP contribution < -0.4 is 0 Å². The Hall–Kier alpha value is -1.78. The Morgan fingerprint density at radius 2 is 1.86 bits per heavy atom. The Morgan fingerprint density at radius 1 is 1.24 bits per heavy atom. The molecular weight excluding hydrogens is 279 g/mol. The van der Waals surface area contributed by atoms with Crippen molar-refractivity contribution >= 4 is 5.78 Å². The first kappa shape index (κ1) is 15.6. The number of carbonyl (C=O) groups is 1. The van der Waals surface area contributed by atoms with E-state index in [0.29, 0.717) is 6.54 Å². The number of nitrogens with zero attached hydrogens (tertiary/aromatic N) is 1. The molecule has 1 aromatic rings. The minimum atomic E-state index is -4.59. The van der Waals surface area contributed by atoms with E-state index in [1.165, 1.54) is 0 Å². The molecular formula is C16H18F3NO. The van der Waals surface area contributed by atoms with E-state index in [1.807, 2.05) is 44.2 Å². The van der Waals surface area contributed by atoms with E-state index < -0.39 is 17.5 Å². The average molecular weight is 297 g/mol. The van der Waals surface area contributed by atoms with Gasteiger partial charge in [0.05, 0.1) is 0 Å². The van der Waals surface area contributed by atoms with Gasteiger partial charge in [-0.15, -0.1) is 0 Å². The second kappa shape index (κ2) is 5.92. The van der Waals surface area contributed by atoms with Gasteiger partial charge in [-0.1, -0.05) is 44.2 Å². The summed E-state index contributed by atoms with van der Waals surface area (Å²) < 4.78 is 38.7. The average Bonchev–Trinajstić information content (AvgIpc) is 2.40. The highest BCUT2D eigenvalue weighted by molar-refractivity contribution is 5.97. The van der Waals surface area contributed by atoms with Gasteiger partial charge < -0.3 is 4.90 Å². The molecule has 1 unspecified atom stereocenters. The third-order valence-electron chi connectivity index (χ3n) is 3.70. The van der Waals surface area contributed by atoms with Gasteiger partial charge in [-0.2, -0.15) is 13.2 Å².